The van der Waals surface area contributed by atoms with Crippen molar-refractivity contribution in [1.29, 1.82) is 0 Å². The van der Waals surface area contributed by atoms with Gasteiger partial charge >= 0.3 is 0 Å². The first kappa shape index (κ1) is 24.1. The average Bonchev–Trinajstić information content (AvgIpc) is 2.61. The molecule has 0 saturated heterocycles. The molecule has 0 aliphatic rings. The van der Waals surface area contributed by atoms with Crippen LogP contribution in [0.1, 0.15) is 45.4 Å². The summed E-state index contributed by atoms with van der Waals surface area (Å²) in [6.45, 7) is 7.38. The number of carbonyl (C=O) groups excluding carboxylic acids is 2. The Morgan fingerprint density at radius 1 is 1.04 bits per heavy atom. The van der Waals surface area contributed by atoms with Crippen molar-refractivity contribution in [2.45, 2.75) is 45.4 Å². The Balaban J connectivity index is 3.68. The van der Waals surface area contributed by atoms with Crippen LogP contribution in [0.15, 0.2) is 24.4 Å². The van der Waals surface area contributed by atoms with E-state index in [0.717, 1.165) is 30.9 Å². The number of hydroxylamine groups is 4. The summed E-state index contributed by atoms with van der Waals surface area (Å²) in [6.07, 6.45) is 6.89. The van der Waals surface area contributed by atoms with Crippen molar-refractivity contribution in [3.63, 3.8) is 0 Å². The third-order valence-electron chi connectivity index (χ3n) is 3.66. The Bertz CT molecular complexity index is 454. The third-order valence-corrected chi connectivity index (χ3v) is 3.66. The predicted molar refractivity (Wildman–Crippen MR) is 101 cm³/mol. The van der Waals surface area contributed by atoms with Crippen LogP contribution in [-0.2, 0) is 9.59 Å². The molecule has 0 heterocycles. The minimum Gasteiger partial charge on any atom is -0.356 e. The summed E-state index contributed by atoms with van der Waals surface area (Å²) in [5.74, 6) is -0.656. The number of amides is 2. The first-order chi connectivity index (χ1) is 12.4. The quantitative estimate of drug-likeness (QED) is 0.151. The highest BCUT2D eigenvalue weighted by molar-refractivity contribution is 5.83. The zero-order valence-electron chi connectivity index (χ0n) is 16.0. The second-order valence-corrected chi connectivity index (χ2v) is 6.10. The Morgan fingerprint density at radius 2 is 1.77 bits per heavy atom. The van der Waals surface area contributed by atoms with Crippen LogP contribution in [0.5, 0.6) is 0 Å². The van der Waals surface area contributed by atoms with Crippen molar-refractivity contribution < 1.29 is 20.0 Å². The molecule has 8 nitrogen and oxygen atoms in total. The van der Waals surface area contributed by atoms with E-state index in [4.69, 9.17) is 0 Å². The largest absolute Gasteiger partial charge is 0.356 e. The van der Waals surface area contributed by atoms with Gasteiger partial charge in [0.25, 0.3) is 0 Å². The minimum atomic E-state index is -0.454. The second kappa shape index (κ2) is 15.4. The average molecular weight is 370 g/mol. The summed E-state index contributed by atoms with van der Waals surface area (Å²) in [6, 6.07) is 0. The third kappa shape index (κ3) is 13.4. The highest BCUT2D eigenvalue weighted by Gasteiger charge is 2.12. The van der Waals surface area contributed by atoms with Gasteiger partial charge < -0.3 is 10.6 Å². The number of allylic oxidation sites excluding steroid dienone is 1. The molecule has 0 bridgehead atoms. The molecule has 0 atom stereocenters. The standard InChI is InChI=1S/C18H34N4O4/c1-16(2)21(25)14-8-5-7-13-20-17(23)10-11-18(24)22(26)15-9-4-6-12-19-3/h4,6,19,25-26H,1,5,7-15H2,2-3H3,(H,20,23)/b6-4+. The van der Waals surface area contributed by atoms with Gasteiger partial charge in [0, 0.05) is 38.2 Å². The number of hydrogen-bond donors (Lipinski definition) is 4. The normalized spacial score (nSPS) is 10.8. The summed E-state index contributed by atoms with van der Waals surface area (Å²) in [5.41, 5.74) is 0.606. The molecule has 2 amide bonds. The van der Waals surface area contributed by atoms with E-state index in [1.165, 1.54) is 0 Å². The van der Waals surface area contributed by atoms with Gasteiger partial charge in [0.1, 0.15) is 0 Å². The van der Waals surface area contributed by atoms with Gasteiger partial charge in [-0.15, -0.1) is 0 Å². The van der Waals surface area contributed by atoms with Crippen LogP contribution < -0.4 is 10.6 Å². The Labute approximate surface area is 156 Å². The number of hydrogen-bond acceptors (Lipinski definition) is 6. The van der Waals surface area contributed by atoms with Crippen LogP contribution in [0, 0.1) is 0 Å². The fraction of sp³-hybridized carbons (Fsp3) is 0.667. The lowest BCUT2D eigenvalue weighted by Crippen LogP contribution is -2.30. The van der Waals surface area contributed by atoms with Gasteiger partial charge in [-0.05, 0) is 39.7 Å². The smallest absolute Gasteiger partial charge is 0.246 e. The number of nitrogens with one attached hydrogen (secondary N) is 2. The summed E-state index contributed by atoms with van der Waals surface area (Å²) in [5, 5.41) is 26.5. The van der Waals surface area contributed by atoms with Crippen molar-refractivity contribution in [3.8, 4) is 0 Å². The highest BCUT2D eigenvalue weighted by atomic mass is 16.5. The van der Waals surface area contributed by atoms with E-state index in [0.29, 0.717) is 30.3 Å². The van der Waals surface area contributed by atoms with Crippen LogP contribution in [0.25, 0.3) is 0 Å². The summed E-state index contributed by atoms with van der Waals surface area (Å²) >= 11 is 0. The van der Waals surface area contributed by atoms with Crippen LogP contribution >= 0.6 is 0 Å². The summed E-state index contributed by atoms with van der Waals surface area (Å²) in [7, 11) is 1.84. The molecule has 0 spiro atoms. The van der Waals surface area contributed by atoms with Crippen LogP contribution in [0.4, 0.5) is 0 Å². The highest BCUT2D eigenvalue weighted by Crippen LogP contribution is 2.02. The zero-order valence-corrected chi connectivity index (χ0v) is 16.0. The van der Waals surface area contributed by atoms with Crippen molar-refractivity contribution in [1.82, 2.24) is 20.8 Å². The molecule has 26 heavy (non-hydrogen) atoms. The number of unbranched alkanes of at least 4 members (excludes halogenated alkanes) is 2. The molecule has 0 aromatic carbocycles. The Kier molecular flexibility index (Phi) is 14.2. The van der Waals surface area contributed by atoms with Gasteiger partial charge in [-0.1, -0.05) is 18.7 Å². The van der Waals surface area contributed by atoms with E-state index in [9.17, 15) is 20.0 Å². The lowest BCUT2D eigenvalue weighted by Gasteiger charge is -2.15. The van der Waals surface area contributed by atoms with Crippen molar-refractivity contribution in [2.24, 2.45) is 0 Å². The van der Waals surface area contributed by atoms with Crippen LogP contribution in [-0.4, -0.2) is 65.6 Å². The van der Waals surface area contributed by atoms with Crippen molar-refractivity contribution in [2.75, 3.05) is 33.2 Å². The number of nitrogens with zero attached hydrogens (tertiary/aromatic N) is 2. The van der Waals surface area contributed by atoms with Crippen LogP contribution in [0.3, 0.4) is 0 Å². The Hall–Kier alpha value is -1.90. The molecule has 0 fully saturated rings. The molecule has 0 aromatic heterocycles. The molecule has 8 heteroatoms. The maximum Gasteiger partial charge on any atom is 0.246 e. The van der Waals surface area contributed by atoms with Crippen molar-refractivity contribution in [3.05, 3.63) is 24.4 Å². The first-order valence-corrected chi connectivity index (χ1v) is 9.06. The molecule has 150 valence electrons. The molecule has 0 radical (unpaired) electrons. The minimum absolute atomic E-state index is 0.0132. The number of carbonyl (C=O) groups is 2. The molecule has 0 aromatic rings. The van der Waals surface area contributed by atoms with E-state index in [1.54, 1.807) is 6.92 Å². The summed E-state index contributed by atoms with van der Waals surface area (Å²) < 4.78 is 0. The number of likely N-dealkylation sites (N-methyl/N-ethyl adjacent to an activating group) is 1. The maximum absolute atomic E-state index is 11.7. The molecule has 0 unspecified atom stereocenters. The van der Waals surface area contributed by atoms with Gasteiger partial charge in [-0.25, -0.2) is 5.06 Å². The summed E-state index contributed by atoms with van der Waals surface area (Å²) in [4.78, 5) is 23.4. The molecule has 0 aliphatic heterocycles. The van der Waals surface area contributed by atoms with Gasteiger partial charge in [-0.2, -0.15) is 0 Å². The van der Waals surface area contributed by atoms with E-state index in [1.807, 2.05) is 19.2 Å². The molecular weight excluding hydrogens is 336 g/mol. The SMILES string of the molecule is C=C(C)N(O)CCCCCNC(=O)CCC(=O)N(O)CC/C=C/CNC. The molecule has 0 saturated carbocycles. The fourth-order valence-corrected chi connectivity index (χ4v) is 2.06. The first-order valence-electron chi connectivity index (χ1n) is 9.06. The molecular formula is C18H34N4O4. The van der Waals surface area contributed by atoms with Crippen LogP contribution in [0.2, 0.25) is 0 Å². The predicted octanol–water partition coefficient (Wildman–Crippen LogP) is 1.66. The van der Waals surface area contributed by atoms with E-state index < -0.39 is 5.91 Å². The lowest BCUT2D eigenvalue weighted by molar-refractivity contribution is -0.165. The van der Waals surface area contributed by atoms with Gasteiger partial charge in [0.15, 0.2) is 0 Å². The fourth-order valence-electron chi connectivity index (χ4n) is 2.06. The van der Waals surface area contributed by atoms with Gasteiger partial charge in [0.2, 0.25) is 11.8 Å². The molecule has 4 N–H and O–H groups in total. The Morgan fingerprint density at radius 3 is 2.42 bits per heavy atom. The van der Waals surface area contributed by atoms with E-state index in [2.05, 4.69) is 17.2 Å². The molecule has 0 aliphatic carbocycles. The molecule has 0 rings (SSSR count). The monoisotopic (exact) mass is 370 g/mol. The lowest BCUT2D eigenvalue weighted by atomic mass is 10.2. The second-order valence-electron chi connectivity index (χ2n) is 6.10. The number of rotatable bonds is 15. The van der Waals surface area contributed by atoms with Gasteiger partial charge in [-0.3, -0.25) is 25.1 Å². The zero-order chi connectivity index (χ0) is 19.8. The van der Waals surface area contributed by atoms with E-state index >= 15 is 0 Å². The topological polar surface area (TPSA) is 105 Å². The van der Waals surface area contributed by atoms with E-state index in [-0.39, 0.29) is 25.3 Å². The van der Waals surface area contributed by atoms with Crippen molar-refractivity contribution >= 4 is 11.8 Å². The maximum atomic E-state index is 11.7. The van der Waals surface area contributed by atoms with Gasteiger partial charge in [0.05, 0.1) is 6.54 Å².